The highest BCUT2D eigenvalue weighted by atomic mass is 16.5. The zero-order valence-corrected chi connectivity index (χ0v) is 12.7. The Morgan fingerprint density at radius 3 is 2.74 bits per heavy atom. The van der Waals surface area contributed by atoms with Gasteiger partial charge in [0, 0.05) is 30.4 Å². The van der Waals surface area contributed by atoms with Gasteiger partial charge in [0.05, 0.1) is 6.42 Å². The number of fused-ring (bicyclic) bond motifs is 1. The van der Waals surface area contributed by atoms with Crippen LogP contribution in [0.15, 0.2) is 53.3 Å². The molecule has 0 N–H and O–H groups in total. The van der Waals surface area contributed by atoms with Crippen LogP contribution in [0.5, 0.6) is 0 Å². The summed E-state index contributed by atoms with van der Waals surface area (Å²) in [6.07, 6.45) is 5.96. The summed E-state index contributed by atoms with van der Waals surface area (Å²) in [5, 5.41) is 4.99. The highest BCUT2D eigenvalue weighted by Gasteiger charge is 2.33. The lowest BCUT2D eigenvalue weighted by Gasteiger charge is -2.22. The number of nitrogens with zero attached hydrogens (tertiary/aromatic N) is 3. The summed E-state index contributed by atoms with van der Waals surface area (Å²) < 4.78 is 5.30. The van der Waals surface area contributed by atoms with Crippen molar-refractivity contribution in [3.8, 4) is 0 Å². The van der Waals surface area contributed by atoms with E-state index in [9.17, 15) is 4.79 Å². The van der Waals surface area contributed by atoms with Gasteiger partial charge in [0.25, 0.3) is 0 Å². The SMILES string of the molecule is O=C(Cc1noc2ccccc12)N(Cc1ccncc1)C1CC1. The van der Waals surface area contributed by atoms with Crippen molar-refractivity contribution in [2.24, 2.45) is 0 Å². The largest absolute Gasteiger partial charge is 0.356 e. The minimum Gasteiger partial charge on any atom is -0.356 e. The van der Waals surface area contributed by atoms with Crippen LogP contribution in [-0.4, -0.2) is 27.0 Å². The van der Waals surface area contributed by atoms with Crippen molar-refractivity contribution >= 4 is 16.9 Å². The van der Waals surface area contributed by atoms with Crippen LogP contribution >= 0.6 is 0 Å². The van der Waals surface area contributed by atoms with E-state index in [1.165, 1.54) is 0 Å². The first kappa shape index (κ1) is 13.9. The van der Waals surface area contributed by atoms with Gasteiger partial charge in [-0.2, -0.15) is 0 Å². The molecule has 116 valence electrons. The maximum Gasteiger partial charge on any atom is 0.229 e. The normalized spacial score (nSPS) is 14.1. The van der Waals surface area contributed by atoms with Gasteiger partial charge in [0.1, 0.15) is 5.69 Å². The Kier molecular flexibility index (Phi) is 3.54. The highest BCUT2D eigenvalue weighted by molar-refractivity contribution is 5.86. The van der Waals surface area contributed by atoms with Crippen LogP contribution in [0.25, 0.3) is 11.0 Å². The fourth-order valence-corrected chi connectivity index (χ4v) is 2.80. The first-order valence-corrected chi connectivity index (χ1v) is 7.83. The van der Waals surface area contributed by atoms with Crippen LogP contribution in [0.3, 0.4) is 0 Å². The maximum absolute atomic E-state index is 12.8. The first-order valence-electron chi connectivity index (χ1n) is 7.83. The molecular weight excluding hydrogens is 290 g/mol. The molecule has 0 spiro atoms. The third kappa shape index (κ3) is 2.95. The molecule has 0 unspecified atom stereocenters. The zero-order valence-electron chi connectivity index (χ0n) is 12.7. The van der Waals surface area contributed by atoms with Crippen molar-refractivity contribution in [3.63, 3.8) is 0 Å². The average molecular weight is 307 g/mol. The van der Waals surface area contributed by atoms with E-state index in [2.05, 4.69) is 10.1 Å². The Labute approximate surface area is 133 Å². The van der Waals surface area contributed by atoms with Crippen LogP contribution in [0.2, 0.25) is 0 Å². The second-order valence-electron chi connectivity index (χ2n) is 5.91. The van der Waals surface area contributed by atoms with Crippen LogP contribution in [0.4, 0.5) is 0 Å². The molecule has 2 heterocycles. The standard InChI is InChI=1S/C18H17N3O2/c22-18(11-16-15-3-1-2-4-17(15)23-20-16)21(14-5-6-14)12-13-7-9-19-10-8-13/h1-4,7-10,14H,5-6,11-12H2. The van der Waals surface area contributed by atoms with Crippen molar-refractivity contribution in [3.05, 3.63) is 60.0 Å². The van der Waals surface area contributed by atoms with Gasteiger partial charge in [-0.15, -0.1) is 0 Å². The second kappa shape index (κ2) is 5.83. The monoisotopic (exact) mass is 307 g/mol. The lowest BCUT2D eigenvalue weighted by atomic mass is 10.1. The number of carbonyl (C=O) groups excluding carboxylic acids is 1. The lowest BCUT2D eigenvalue weighted by Crippen LogP contribution is -2.33. The molecular formula is C18H17N3O2. The minimum atomic E-state index is 0.100. The van der Waals surface area contributed by atoms with E-state index >= 15 is 0 Å². The fraction of sp³-hybridized carbons (Fsp3) is 0.278. The van der Waals surface area contributed by atoms with Gasteiger partial charge in [-0.25, -0.2) is 0 Å². The van der Waals surface area contributed by atoms with Gasteiger partial charge in [0.2, 0.25) is 5.91 Å². The fourth-order valence-electron chi connectivity index (χ4n) is 2.80. The molecule has 1 amide bonds. The van der Waals surface area contributed by atoms with Gasteiger partial charge in [-0.1, -0.05) is 17.3 Å². The maximum atomic E-state index is 12.8. The number of hydrogen-bond acceptors (Lipinski definition) is 4. The van der Waals surface area contributed by atoms with Crippen LogP contribution in [0, 0.1) is 0 Å². The Balaban J connectivity index is 1.54. The van der Waals surface area contributed by atoms with Crippen molar-refractivity contribution in [1.29, 1.82) is 0 Å². The van der Waals surface area contributed by atoms with Gasteiger partial charge < -0.3 is 9.42 Å². The number of benzene rings is 1. The van der Waals surface area contributed by atoms with Crippen LogP contribution in [0.1, 0.15) is 24.1 Å². The predicted molar refractivity (Wildman–Crippen MR) is 85.5 cm³/mol. The number of carbonyl (C=O) groups is 1. The van der Waals surface area contributed by atoms with E-state index in [1.807, 2.05) is 41.3 Å². The molecule has 5 heteroatoms. The number of amides is 1. The summed E-state index contributed by atoms with van der Waals surface area (Å²) in [5.74, 6) is 0.100. The second-order valence-corrected chi connectivity index (χ2v) is 5.91. The molecule has 0 bridgehead atoms. The number of pyridine rings is 1. The summed E-state index contributed by atoms with van der Waals surface area (Å²) in [6.45, 7) is 0.627. The van der Waals surface area contributed by atoms with E-state index in [-0.39, 0.29) is 12.3 Å². The number of para-hydroxylation sites is 1. The number of aromatic nitrogens is 2. The summed E-state index contributed by atoms with van der Waals surface area (Å²) >= 11 is 0. The van der Waals surface area contributed by atoms with Gasteiger partial charge in [0.15, 0.2) is 5.58 Å². The molecule has 1 aromatic carbocycles. The number of hydrogen-bond donors (Lipinski definition) is 0. The molecule has 1 saturated carbocycles. The summed E-state index contributed by atoms with van der Waals surface area (Å²) in [5.41, 5.74) is 2.54. The Hall–Kier alpha value is -2.69. The number of rotatable bonds is 5. The molecule has 5 nitrogen and oxygen atoms in total. The molecule has 0 atom stereocenters. The topological polar surface area (TPSA) is 59.2 Å². The molecule has 0 radical (unpaired) electrons. The molecule has 0 saturated heterocycles. The molecule has 3 aromatic rings. The molecule has 4 rings (SSSR count). The average Bonchev–Trinajstić information content (AvgIpc) is 3.35. The Bertz CT molecular complexity index is 824. The van der Waals surface area contributed by atoms with Crippen molar-refractivity contribution in [1.82, 2.24) is 15.0 Å². The quantitative estimate of drug-likeness (QED) is 0.727. The molecule has 23 heavy (non-hydrogen) atoms. The van der Waals surface area contributed by atoms with E-state index in [0.717, 1.165) is 29.4 Å². The first-order chi connectivity index (χ1) is 11.3. The van der Waals surface area contributed by atoms with E-state index < -0.39 is 0 Å². The molecule has 2 aromatic heterocycles. The van der Waals surface area contributed by atoms with Crippen molar-refractivity contribution in [2.75, 3.05) is 0 Å². The van der Waals surface area contributed by atoms with E-state index in [0.29, 0.717) is 18.3 Å². The van der Waals surface area contributed by atoms with Crippen molar-refractivity contribution < 1.29 is 9.32 Å². The van der Waals surface area contributed by atoms with Crippen LogP contribution < -0.4 is 0 Å². The molecule has 0 aliphatic heterocycles. The van der Waals surface area contributed by atoms with E-state index in [4.69, 9.17) is 4.52 Å². The third-order valence-electron chi connectivity index (χ3n) is 4.18. The van der Waals surface area contributed by atoms with E-state index in [1.54, 1.807) is 12.4 Å². The van der Waals surface area contributed by atoms with Gasteiger partial charge in [-0.3, -0.25) is 9.78 Å². The smallest absolute Gasteiger partial charge is 0.229 e. The van der Waals surface area contributed by atoms with Crippen molar-refractivity contribution in [2.45, 2.75) is 31.8 Å². The van der Waals surface area contributed by atoms with Crippen LogP contribution in [-0.2, 0) is 17.8 Å². The summed E-state index contributed by atoms with van der Waals surface area (Å²) in [6, 6.07) is 11.9. The molecule has 1 aliphatic carbocycles. The predicted octanol–water partition coefficient (Wildman–Crippen LogP) is 2.96. The van der Waals surface area contributed by atoms with Gasteiger partial charge in [-0.05, 0) is 42.7 Å². The third-order valence-corrected chi connectivity index (χ3v) is 4.18. The Morgan fingerprint density at radius 2 is 1.96 bits per heavy atom. The Morgan fingerprint density at radius 1 is 1.17 bits per heavy atom. The summed E-state index contributed by atoms with van der Waals surface area (Å²) in [4.78, 5) is 18.8. The molecule has 1 aliphatic rings. The zero-order chi connectivity index (χ0) is 15.6. The van der Waals surface area contributed by atoms with Gasteiger partial charge >= 0.3 is 0 Å². The minimum absolute atomic E-state index is 0.100. The molecule has 1 fully saturated rings. The lowest BCUT2D eigenvalue weighted by molar-refractivity contribution is -0.131. The highest BCUT2D eigenvalue weighted by Crippen LogP contribution is 2.29. The summed E-state index contributed by atoms with van der Waals surface area (Å²) in [7, 11) is 0.